The zero-order chi connectivity index (χ0) is 25.5. The van der Waals surface area contributed by atoms with E-state index in [-0.39, 0.29) is 11.8 Å². The maximum Gasteiger partial charge on any atom is 0.255 e. The van der Waals surface area contributed by atoms with Gasteiger partial charge in [0.15, 0.2) is 0 Å². The molecule has 1 N–H and O–H groups in total. The summed E-state index contributed by atoms with van der Waals surface area (Å²) in [5.41, 5.74) is 5.58. The molecule has 6 rings (SSSR count). The zero-order valence-corrected chi connectivity index (χ0v) is 21.3. The molecule has 3 aliphatic heterocycles. The first-order valence-electron chi connectivity index (χ1n) is 13.2. The van der Waals surface area contributed by atoms with Crippen molar-refractivity contribution in [2.45, 2.75) is 64.2 Å². The van der Waals surface area contributed by atoms with Gasteiger partial charge in [-0.2, -0.15) is 0 Å². The van der Waals surface area contributed by atoms with Gasteiger partial charge in [-0.1, -0.05) is 19.1 Å². The van der Waals surface area contributed by atoms with Gasteiger partial charge in [-0.3, -0.25) is 14.5 Å². The smallest absolute Gasteiger partial charge is 0.255 e. The van der Waals surface area contributed by atoms with E-state index in [9.17, 15) is 9.59 Å². The molecule has 0 aliphatic carbocycles. The molecule has 0 spiro atoms. The van der Waals surface area contributed by atoms with Gasteiger partial charge in [0, 0.05) is 36.6 Å². The number of aryl methyl sites for hydroxylation is 1. The fourth-order valence-corrected chi connectivity index (χ4v) is 5.92. The minimum atomic E-state index is -0.450. The van der Waals surface area contributed by atoms with Gasteiger partial charge in [-0.25, -0.2) is 4.98 Å². The minimum absolute atomic E-state index is 0.0870. The number of aromatic nitrogens is 2. The lowest BCUT2D eigenvalue weighted by Crippen LogP contribution is -2.49. The predicted octanol–water partition coefficient (Wildman–Crippen LogP) is 3.82. The number of nitrogens with one attached hydrogen (secondary N) is 1. The number of piperidine rings is 2. The SMILES string of the molecule is C=C1CCC(N2Cc3cc(OC[C@H]4CCCCN4Cc4c(C)nc5ccccn45)ccc3C2=O)C(=O)N1. The second-order valence-corrected chi connectivity index (χ2v) is 10.4. The van der Waals surface area contributed by atoms with E-state index in [1.165, 1.54) is 18.5 Å². The number of hydrogen-bond donors (Lipinski definition) is 1. The number of benzene rings is 1. The molecule has 2 amide bonds. The molecule has 2 aromatic heterocycles. The molecule has 1 unspecified atom stereocenters. The van der Waals surface area contributed by atoms with Gasteiger partial charge >= 0.3 is 0 Å². The van der Waals surface area contributed by atoms with Crippen molar-refractivity contribution in [3.63, 3.8) is 0 Å². The van der Waals surface area contributed by atoms with E-state index in [0.717, 1.165) is 47.9 Å². The van der Waals surface area contributed by atoms with Gasteiger partial charge in [-0.05, 0) is 75.0 Å². The second kappa shape index (κ2) is 9.67. The summed E-state index contributed by atoms with van der Waals surface area (Å²) in [5, 5.41) is 2.79. The van der Waals surface area contributed by atoms with Gasteiger partial charge in [0.25, 0.3) is 5.91 Å². The van der Waals surface area contributed by atoms with Crippen LogP contribution in [0.2, 0.25) is 0 Å². The maximum atomic E-state index is 13.0. The molecule has 2 atom stereocenters. The minimum Gasteiger partial charge on any atom is -0.492 e. The molecule has 2 fully saturated rings. The Labute approximate surface area is 216 Å². The average molecular weight is 500 g/mol. The van der Waals surface area contributed by atoms with Crippen molar-refractivity contribution in [1.82, 2.24) is 24.5 Å². The van der Waals surface area contributed by atoms with Crippen LogP contribution in [-0.2, 0) is 17.9 Å². The quantitative estimate of drug-likeness (QED) is 0.558. The summed E-state index contributed by atoms with van der Waals surface area (Å²) < 4.78 is 8.49. The number of nitrogens with zero attached hydrogens (tertiary/aromatic N) is 4. The number of pyridine rings is 1. The van der Waals surface area contributed by atoms with E-state index >= 15 is 0 Å². The van der Waals surface area contributed by atoms with E-state index in [2.05, 4.69) is 34.3 Å². The van der Waals surface area contributed by atoms with E-state index in [1.54, 1.807) is 4.90 Å². The summed E-state index contributed by atoms with van der Waals surface area (Å²) in [7, 11) is 0. The van der Waals surface area contributed by atoms with E-state index < -0.39 is 6.04 Å². The van der Waals surface area contributed by atoms with Crippen LogP contribution in [0.4, 0.5) is 0 Å². The molecule has 3 aliphatic rings. The van der Waals surface area contributed by atoms with E-state index in [4.69, 9.17) is 9.72 Å². The topological polar surface area (TPSA) is 79.2 Å². The third-order valence-corrected chi connectivity index (χ3v) is 7.98. The standard InChI is InChI=1S/C29H33N5O3/c1-19-9-12-25(28(35)30-19)34-16-21-15-23(10-11-24(21)29(34)36)37-18-22-7-3-5-13-32(22)17-26-20(2)31-27-8-4-6-14-33(26)27/h4,6,8,10-11,14-15,22,25H,1,3,5,7,9,12-13,16-18H2,2H3,(H,30,35)/t22-,25?/m1/s1. The fourth-order valence-electron chi connectivity index (χ4n) is 5.92. The van der Waals surface area contributed by atoms with Crippen molar-refractivity contribution in [1.29, 1.82) is 0 Å². The summed E-state index contributed by atoms with van der Waals surface area (Å²) in [5.74, 6) is 0.537. The van der Waals surface area contributed by atoms with Crippen LogP contribution in [-0.4, -0.2) is 56.2 Å². The predicted molar refractivity (Wildman–Crippen MR) is 140 cm³/mol. The number of imidazole rings is 1. The van der Waals surface area contributed by atoms with Crippen LogP contribution in [0.1, 0.15) is 59.4 Å². The molecule has 37 heavy (non-hydrogen) atoms. The van der Waals surface area contributed by atoms with Crippen LogP contribution < -0.4 is 10.1 Å². The summed E-state index contributed by atoms with van der Waals surface area (Å²) >= 11 is 0. The third-order valence-electron chi connectivity index (χ3n) is 7.98. The Bertz CT molecular complexity index is 1380. The third kappa shape index (κ3) is 4.50. The number of likely N-dealkylation sites (tertiary alicyclic amines) is 1. The second-order valence-electron chi connectivity index (χ2n) is 10.4. The van der Waals surface area contributed by atoms with Gasteiger partial charge in [0.1, 0.15) is 24.0 Å². The van der Waals surface area contributed by atoms with Crippen molar-refractivity contribution in [3.05, 3.63) is 77.4 Å². The van der Waals surface area contributed by atoms with Crippen molar-refractivity contribution < 1.29 is 14.3 Å². The normalized spacial score (nSPS) is 22.4. The van der Waals surface area contributed by atoms with Gasteiger partial charge in [0.05, 0.1) is 11.4 Å². The first-order valence-corrected chi connectivity index (χ1v) is 13.2. The van der Waals surface area contributed by atoms with Crippen molar-refractivity contribution in [2.75, 3.05) is 13.2 Å². The Balaban J connectivity index is 1.13. The molecule has 1 aromatic carbocycles. The largest absolute Gasteiger partial charge is 0.492 e. The van der Waals surface area contributed by atoms with Crippen molar-refractivity contribution >= 4 is 17.5 Å². The number of carbonyl (C=O) groups is 2. The lowest BCUT2D eigenvalue weighted by molar-refractivity contribution is -0.126. The Morgan fingerprint density at radius 1 is 1.16 bits per heavy atom. The lowest BCUT2D eigenvalue weighted by atomic mass is 10.0. The maximum absolute atomic E-state index is 13.0. The molecule has 8 nitrogen and oxygen atoms in total. The highest BCUT2D eigenvalue weighted by Crippen LogP contribution is 2.31. The molecule has 0 saturated carbocycles. The molecular weight excluding hydrogens is 466 g/mol. The number of carbonyl (C=O) groups excluding carboxylic acids is 2. The van der Waals surface area contributed by atoms with Crippen LogP contribution in [0.5, 0.6) is 5.75 Å². The molecule has 3 aromatic rings. The number of hydrogen-bond acceptors (Lipinski definition) is 5. The highest BCUT2D eigenvalue weighted by Gasteiger charge is 2.38. The van der Waals surface area contributed by atoms with E-state index in [0.29, 0.717) is 37.6 Å². The first-order chi connectivity index (χ1) is 18.0. The summed E-state index contributed by atoms with van der Waals surface area (Å²) in [4.78, 5) is 34.4. The number of amides is 2. The number of allylic oxidation sites excluding steroid dienone is 1. The Morgan fingerprint density at radius 2 is 2.05 bits per heavy atom. The monoisotopic (exact) mass is 499 g/mol. The summed E-state index contributed by atoms with van der Waals surface area (Å²) in [6.07, 6.45) is 6.86. The summed E-state index contributed by atoms with van der Waals surface area (Å²) in [6.45, 7) is 8.83. The van der Waals surface area contributed by atoms with Crippen LogP contribution >= 0.6 is 0 Å². The summed E-state index contributed by atoms with van der Waals surface area (Å²) in [6, 6.07) is 11.7. The highest BCUT2D eigenvalue weighted by atomic mass is 16.5. The lowest BCUT2D eigenvalue weighted by Gasteiger charge is -2.35. The Kier molecular flexibility index (Phi) is 6.20. The molecular formula is C29H33N5O3. The van der Waals surface area contributed by atoms with Gasteiger partial charge in [-0.15, -0.1) is 0 Å². The van der Waals surface area contributed by atoms with Crippen LogP contribution in [0.25, 0.3) is 5.65 Å². The van der Waals surface area contributed by atoms with Crippen LogP contribution in [0, 0.1) is 6.92 Å². The fraction of sp³-hybridized carbons (Fsp3) is 0.414. The van der Waals surface area contributed by atoms with Gasteiger partial charge < -0.3 is 19.4 Å². The number of rotatable bonds is 6. The van der Waals surface area contributed by atoms with Gasteiger partial charge in [0.2, 0.25) is 5.91 Å². The van der Waals surface area contributed by atoms with Crippen molar-refractivity contribution in [2.24, 2.45) is 0 Å². The highest BCUT2D eigenvalue weighted by molar-refractivity contribution is 6.01. The van der Waals surface area contributed by atoms with Crippen LogP contribution in [0.3, 0.4) is 0 Å². The molecule has 2 saturated heterocycles. The Morgan fingerprint density at radius 3 is 2.92 bits per heavy atom. The zero-order valence-electron chi connectivity index (χ0n) is 21.3. The number of ether oxygens (including phenoxy) is 1. The number of fused-ring (bicyclic) bond motifs is 2. The first kappa shape index (κ1) is 23.7. The van der Waals surface area contributed by atoms with Crippen molar-refractivity contribution in [3.8, 4) is 5.75 Å². The molecule has 192 valence electrons. The molecule has 8 heteroatoms. The Hall–Kier alpha value is -3.65. The molecule has 0 radical (unpaired) electrons. The molecule has 0 bridgehead atoms. The average Bonchev–Trinajstić information content (AvgIpc) is 3.39. The van der Waals surface area contributed by atoms with E-state index in [1.807, 2.05) is 36.4 Å². The van der Waals surface area contributed by atoms with Crippen LogP contribution in [0.15, 0.2) is 54.9 Å². The molecule has 5 heterocycles.